The Morgan fingerprint density at radius 2 is 1.65 bits per heavy atom. The number of hydrogen-bond acceptors (Lipinski definition) is 2. The van der Waals surface area contributed by atoms with E-state index in [2.05, 4.69) is 13.2 Å². The molecule has 1 nitrogen and oxygen atoms in total. The molecule has 2 heteroatoms. The van der Waals surface area contributed by atoms with Gasteiger partial charge in [0.15, 0.2) is 0 Å². The molecular weight excluding hydrogens is 228 g/mol. The van der Waals surface area contributed by atoms with Crippen molar-refractivity contribution < 1.29 is 4.74 Å². The van der Waals surface area contributed by atoms with Crippen LogP contribution in [0.4, 0.5) is 0 Å². The summed E-state index contributed by atoms with van der Waals surface area (Å²) in [7, 11) is 0. The van der Waals surface area contributed by atoms with Crippen LogP contribution in [0.3, 0.4) is 0 Å². The molecule has 4 saturated carbocycles. The van der Waals surface area contributed by atoms with Crippen LogP contribution in [0.25, 0.3) is 0 Å². The molecule has 0 heterocycles. The highest BCUT2D eigenvalue weighted by Crippen LogP contribution is 2.60. The predicted octanol–water partition coefficient (Wildman–Crippen LogP) is 3.97. The second-order valence-electron chi connectivity index (χ2n) is 6.99. The number of rotatable bonds is 5. The van der Waals surface area contributed by atoms with E-state index in [1.54, 1.807) is 19.3 Å². The molecule has 0 aromatic carbocycles. The summed E-state index contributed by atoms with van der Waals surface area (Å²) in [6.45, 7) is 3.29. The topological polar surface area (TPSA) is 9.23 Å². The van der Waals surface area contributed by atoms with E-state index in [9.17, 15) is 0 Å². The van der Waals surface area contributed by atoms with Crippen molar-refractivity contribution in [3.05, 3.63) is 0 Å². The van der Waals surface area contributed by atoms with Crippen LogP contribution in [0.1, 0.15) is 45.4 Å². The van der Waals surface area contributed by atoms with E-state index in [4.69, 9.17) is 4.74 Å². The molecule has 98 valence electrons. The summed E-state index contributed by atoms with van der Waals surface area (Å²) in [5.41, 5.74) is 0.599. The third-order valence-electron chi connectivity index (χ3n) is 5.24. The first-order valence-electron chi connectivity index (χ1n) is 7.30. The van der Waals surface area contributed by atoms with Gasteiger partial charge >= 0.3 is 0 Å². The molecule has 1 atom stereocenters. The molecule has 4 aliphatic carbocycles. The van der Waals surface area contributed by atoms with Crippen LogP contribution in [-0.4, -0.2) is 24.7 Å². The lowest BCUT2D eigenvalue weighted by atomic mass is 9.50. The Balaban J connectivity index is 1.58. The minimum atomic E-state index is 0.443. The van der Waals surface area contributed by atoms with E-state index < -0.39 is 0 Å². The largest absolute Gasteiger partial charge is 0.377 e. The van der Waals surface area contributed by atoms with Crippen LogP contribution >= 0.6 is 11.8 Å². The Kier molecular flexibility index (Phi) is 3.47. The second kappa shape index (κ2) is 4.77. The third-order valence-corrected chi connectivity index (χ3v) is 6.04. The van der Waals surface area contributed by atoms with E-state index in [1.807, 2.05) is 11.8 Å². The van der Waals surface area contributed by atoms with Crippen molar-refractivity contribution >= 4 is 11.8 Å². The molecule has 0 N–H and O–H groups in total. The smallest absolute Gasteiger partial charge is 0.0637 e. The first-order chi connectivity index (χ1) is 8.19. The maximum Gasteiger partial charge on any atom is 0.0637 e. The summed E-state index contributed by atoms with van der Waals surface area (Å²) in [5.74, 6) is 4.31. The molecule has 4 fully saturated rings. The van der Waals surface area contributed by atoms with Crippen molar-refractivity contribution in [2.45, 2.75) is 51.6 Å². The highest BCUT2D eigenvalue weighted by atomic mass is 32.2. The van der Waals surface area contributed by atoms with Gasteiger partial charge in [0.1, 0.15) is 0 Å². The molecule has 1 unspecified atom stereocenters. The zero-order valence-electron chi connectivity index (χ0n) is 11.3. The lowest BCUT2D eigenvalue weighted by Crippen LogP contribution is -2.48. The van der Waals surface area contributed by atoms with Crippen LogP contribution < -0.4 is 0 Å². The average Bonchev–Trinajstić information content (AvgIpc) is 2.25. The van der Waals surface area contributed by atoms with Crippen molar-refractivity contribution in [2.24, 2.45) is 23.2 Å². The van der Waals surface area contributed by atoms with Gasteiger partial charge in [-0.15, -0.1) is 0 Å². The summed E-state index contributed by atoms with van der Waals surface area (Å²) < 4.78 is 6.15. The van der Waals surface area contributed by atoms with Crippen LogP contribution in [0.15, 0.2) is 0 Å². The maximum atomic E-state index is 6.15. The van der Waals surface area contributed by atoms with E-state index >= 15 is 0 Å². The quantitative estimate of drug-likeness (QED) is 0.734. The fourth-order valence-corrected chi connectivity index (χ4v) is 5.63. The van der Waals surface area contributed by atoms with E-state index in [-0.39, 0.29) is 0 Å². The molecule has 0 saturated heterocycles. The van der Waals surface area contributed by atoms with E-state index in [1.165, 1.54) is 19.3 Å². The Morgan fingerprint density at radius 1 is 1.12 bits per heavy atom. The standard InChI is InChI=1S/C15H26OS/c1-11(9-17-2)16-10-15-6-12-3-13(7-15)5-14(4-12)8-15/h11-14H,3-10H2,1-2H3. The Labute approximate surface area is 110 Å². The molecule has 4 rings (SSSR count). The van der Waals surface area contributed by atoms with Gasteiger partial charge in [0.25, 0.3) is 0 Å². The zero-order chi connectivity index (χ0) is 11.9. The van der Waals surface area contributed by atoms with E-state index in [0.717, 1.165) is 30.1 Å². The fourth-order valence-electron chi connectivity index (χ4n) is 5.07. The molecule has 0 spiro atoms. The molecule has 0 aliphatic heterocycles. The monoisotopic (exact) mass is 254 g/mol. The minimum absolute atomic E-state index is 0.443. The van der Waals surface area contributed by atoms with Crippen LogP contribution in [-0.2, 0) is 4.74 Å². The fraction of sp³-hybridized carbons (Fsp3) is 1.00. The van der Waals surface area contributed by atoms with Crippen LogP contribution in [0.5, 0.6) is 0 Å². The molecule has 0 amide bonds. The molecule has 0 aromatic rings. The second-order valence-corrected chi connectivity index (χ2v) is 7.91. The average molecular weight is 254 g/mol. The summed E-state index contributed by atoms with van der Waals surface area (Å²) >= 11 is 1.90. The first kappa shape index (κ1) is 12.3. The molecule has 0 radical (unpaired) electrons. The van der Waals surface area contributed by atoms with Crippen molar-refractivity contribution in [3.63, 3.8) is 0 Å². The number of thioether (sulfide) groups is 1. The van der Waals surface area contributed by atoms with Gasteiger partial charge < -0.3 is 4.74 Å². The highest BCUT2D eigenvalue weighted by molar-refractivity contribution is 7.98. The Bertz CT molecular complexity index is 241. The van der Waals surface area contributed by atoms with Crippen LogP contribution in [0.2, 0.25) is 0 Å². The van der Waals surface area contributed by atoms with Crippen molar-refractivity contribution in [1.29, 1.82) is 0 Å². The van der Waals surface area contributed by atoms with Gasteiger partial charge in [-0.2, -0.15) is 11.8 Å². The predicted molar refractivity (Wildman–Crippen MR) is 74.4 cm³/mol. The molecular formula is C15H26OS. The summed E-state index contributed by atoms with van der Waals surface area (Å²) in [6, 6.07) is 0. The third kappa shape index (κ3) is 2.53. The zero-order valence-corrected chi connectivity index (χ0v) is 12.1. The number of hydrogen-bond donors (Lipinski definition) is 0. The minimum Gasteiger partial charge on any atom is -0.377 e. The van der Waals surface area contributed by atoms with Gasteiger partial charge in [-0.1, -0.05) is 0 Å². The van der Waals surface area contributed by atoms with Crippen molar-refractivity contribution in [2.75, 3.05) is 18.6 Å². The summed E-state index contributed by atoms with van der Waals surface area (Å²) in [5, 5.41) is 0. The van der Waals surface area contributed by atoms with Crippen molar-refractivity contribution in [1.82, 2.24) is 0 Å². The first-order valence-corrected chi connectivity index (χ1v) is 8.69. The van der Waals surface area contributed by atoms with E-state index in [0.29, 0.717) is 11.5 Å². The summed E-state index contributed by atoms with van der Waals surface area (Å²) in [6.07, 6.45) is 11.7. The van der Waals surface area contributed by atoms with Gasteiger partial charge in [0, 0.05) is 5.75 Å². The van der Waals surface area contributed by atoms with Gasteiger partial charge in [-0.25, -0.2) is 0 Å². The normalized spacial score (nSPS) is 45.2. The Hall–Kier alpha value is 0.310. The van der Waals surface area contributed by atoms with Gasteiger partial charge in [0.2, 0.25) is 0 Å². The maximum absolute atomic E-state index is 6.15. The SMILES string of the molecule is CSCC(C)OCC12CC3CC(CC(C3)C1)C2. The molecule has 4 aliphatic rings. The van der Waals surface area contributed by atoms with Gasteiger partial charge in [0.05, 0.1) is 12.7 Å². The number of ether oxygens (including phenoxy) is 1. The van der Waals surface area contributed by atoms with Gasteiger partial charge in [-0.3, -0.25) is 0 Å². The van der Waals surface area contributed by atoms with Gasteiger partial charge in [-0.05, 0) is 74.9 Å². The highest BCUT2D eigenvalue weighted by Gasteiger charge is 2.50. The lowest BCUT2D eigenvalue weighted by molar-refractivity contribution is -0.106. The molecule has 0 aromatic heterocycles. The van der Waals surface area contributed by atoms with Crippen LogP contribution in [0, 0.1) is 23.2 Å². The van der Waals surface area contributed by atoms with Crippen molar-refractivity contribution in [3.8, 4) is 0 Å². The summed E-state index contributed by atoms with van der Waals surface area (Å²) in [4.78, 5) is 0. The Morgan fingerprint density at radius 3 is 2.12 bits per heavy atom. The molecule has 17 heavy (non-hydrogen) atoms. The molecule has 4 bridgehead atoms. The lowest BCUT2D eigenvalue weighted by Gasteiger charge is -2.56.